The van der Waals surface area contributed by atoms with E-state index >= 15 is 0 Å². The van der Waals surface area contributed by atoms with Crippen molar-refractivity contribution in [2.24, 2.45) is 16.7 Å². The van der Waals surface area contributed by atoms with Gasteiger partial charge in [0.1, 0.15) is 0 Å². The Balaban J connectivity index is 2.46. The van der Waals surface area contributed by atoms with Gasteiger partial charge in [-0.1, -0.05) is 41.0 Å². The normalized spacial score (nSPS) is 25.0. The van der Waals surface area contributed by atoms with Gasteiger partial charge in [0.15, 0.2) is 0 Å². The smallest absolute Gasteiger partial charge is 0.0434 e. The van der Waals surface area contributed by atoms with Crippen LogP contribution in [0.1, 0.15) is 66.7 Å². The van der Waals surface area contributed by atoms with Crippen LogP contribution in [0.4, 0.5) is 0 Å². The zero-order valence-electron chi connectivity index (χ0n) is 13.1. The van der Waals surface area contributed by atoms with Gasteiger partial charge in [-0.3, -0.25) is 0 Å². The first kappa shape index (κ1) is 16.0. The number of nitrogens with one attached hydrogen (secondary N) is 1. The summed E-state index contributed by atoms with van der Waals surface area (Å²) < 4.78 is 0. The molecule has 1 atom stereocenters. The fourth-order valence-electron chi connectivity index (χ4n) is 3.96. The Kier molecular flexibility index (Phi) is 5.67. The van der Waals surface area contributed by atoms with E-state index in [1.165, 1.54) is 19.3 Å². The van der Waals surface area contributed by atoms with E-state index in [-0.39, 0.29) is 0 Å². The topological polar surface area (TPSA) is 32.3 Å². The molecule has 1 saturated carbocycles. The minimum Gasteiger partial charge on any atom is -0.396 e. The van der Waals surface area contributed by atoms with Gasteiger partial charge in [0.25, 0.3) is 0 Å². The lowest BCUT2D eigenvalue weighted by molar-refractivity contribution is 0.0825. The van der Waals surface area contributed by atoms with Crippen LogP contribution in [0.5, 0.6) is 0 Å². The monoisotopic (exact) mass is 255 g/mol. The van der Waals surface area contributed by atoms with Crippen LogP contribution in [0.25, 0.3) is 0 Å². The highest BCUT2D eigenvalue weighted by molar-refractivity contribution is 4.92. The summed E-state index contributed by atoms with van der Waals surface area (Å²) in [5.41, 5.74) is 0.913. The van der Waals surface area contributed by atoms with Gasteiger partial charge in [-0.05, 0) is 49.0 Å². The second-order valence-electron chi connectivity index (χ2n) is 7.81. The van der Waals surface area contributed by atoms with Crippen LogP contribution >= 0.6 is 0 Å². The molecule has 1 aliphatic carbocycles. The second-order valence-corrected chi connectivity index (χ2v) is 7.81. The molecule has 0 amide bonds. The Bertz CT molecular complexity index is 231. The molecule has 0 aliphatic heterocycles. The molecule has 0 heterocycles. The summed E-state index contributed by atoms with van der Waals surface area (Å²) in [5, 5.41) is 12.8. The molecule has 2 nitrogen and oxygen atoms in total. The first-order chi connectivity index (χ1) is 8.28. The third kappa shape index (κ3) is 5.27. The van der Waals surface area contributed by atoms with Crippen molar-refractivity contribution in [2.75, 3.05) is 13.2 Å². The number of aliphatic hydroxyl groups is 1. The molecule has 0 spiro atoms. The second kappa shape index (κ2) is 6.38. The molecule has 0 aromatic carbocycles. The Labute approximate surface area is 114 Å². The molecular weight excluding hydrogens is 222 g/mol. The summed E-state index contributed by atoms with van der Waals surface area (Å²) in [5.74, 6) is 0.628. The van der Waals surface area contributed by atoms with E-state index in [0.717, 1.165) is 19.4 Å². The average molecular weight is 255 g/mol. The molecule has 1 rings (SSSR count). The van der Waals surface area contributed by atoms with Crippen molar-refractivity contribution < 1.29 is 5.11 Å². The van der Waals surface area contributed by atoms with Crippen LogP contribution in [-0.2, 0) is 0 Å². The molecule has 1 fully saturated rings. The SMILES string of the molecule is CCC(CCO)CNC1CC(C)(C)CC(C)(C)C1. The van der Waals surface area contributed by atoms with Gasteiger partial charge in [-0.25, -0.2) is 0 Å². The maximum Gasteiger partial charge on any atom is 0.0434 e. The summed E-state index contributed by atoms with van der Waals surface area (Å²) in [7, 11) is 0. The number of hydrogen-bond donors (Lipinski definition) is 2. The molecular formula is C16H33NO. The van der Waals surface area contributed by atoms with Gasteiger partial charge < -0.3 is 10.4 Å². The van der Waals surface area contributed by atoms with Crippen molar-refractivity contribution in [1.29, 1.82) is 0 Å². The molecule has 0 aromatic rings. The van der Waals surface area contributed by atoms with Crippen molar-refractivity contribution in [3.63, 3.8) is 0 Å². The van der Waals surface area contributed by atoms with Crippen molar-refractivity contribution in [3.8, 4) is 0 Å². The van der Waals surface area contributed by atoms with E-state index in [2.05, 4.69) is 39.9 Å². The van der Waals surface area contributed by atoms with Crippen LogP contribution in [0, 0.1) is 16.7 Å². The van der Waals surface area contributed by atoms with Crippen molar-refractivity contribution >= 4 is 0 Å². The van der Waals surface area contributed by atoms with Crippen molar-refractivity contribution in [2.45, 2.75) is 72.8 Å². The Morgan fingerprint density at radius 2 is 1.72 bits per heavy atom. The highest BCUT2D eigenvalue weighted by atomic mass is 16.3. The maximum atomic E-state index is 9.04. The first-order valence-electron chi connectivity index (χ1n) is 7.62. The highest BCUT2D eigenvalue weighted by Crippen LogP contribution is 2.45. The van der Waals surface area contributed by atoms with Crippen molar-refractivity contribution in [3.05, 3.63) is 0 Å². The molecule has 1 aliphatic rings. The summed E-state index contributed by atoms with van der Waals surface area (Å²) in [4.78, 5) is 0. The lowest BCUT2D eigenvalue weighted by atomic mass is 9.63. The van der Waals surface area contributed by atoms with E-state index in [1.54, 1.807) is 0 Å². The largest absolute Gasteiger partial charge is 0.396 e. The van der Waals surface area contributed by atoms with E-state index in [1.807, 2.05) is 0 Å². The highest BCUT2D eigenvalue weighted by Gasteiger charge is 2.38. The molecule has 0 saturated heterocycles. The Hall–Kier alpha value is -0.0800. The quantitative estimate of drug-likeness (QED) is 0.760. The fraction of sp³-hybridized carbons (Fsp3) is 1.00. The van der Waals surface area contributed by atoms with Gasteiger partial charge in [-0.2, -0.15) is 0 Å². The summed E-state index contributed by atoms with van der Waals surface area (Å²) in [6.45, 7) is 13.2. The summed E-state index contributed by atoms with van der Waals surface area (Å²) in [6.07, 6.45) is 5.99. The van der Waals surface area contributed by atoms with Gasteiger partial charge in [0.2, 0.25) is 0 Å². The van der Waals surface area contributed by atoms with Gasteiger partial charge in [0.05, 0.1) is 0 Å². The average Bonchev–Trinajstić information content (AvgIpc) is 2.19. The molecule has 0 bridgehead atoms. The van der Waals surface area contributed by atoms with Crippen LogP contribution in [0.15, 0.2) is 0 Å². The van der Waals surface area contributed by atoms with Crippen molar-refractivity contribution in [1.82, 2.24) is 5.32 Å². The zero-order chi connectivity index (χ0) is 13.8. The van der Waals surface area contributed by atoms with E-state index < -0.39 is 0 Å². The van der Waals surface area contributed by atoms with Gasteiger partial charge in [-0.15, -0.1) is 0 Å². The molecule has 18 heavy (non-hydrogen) atoms. The molecule has 1 unspecified atom stereocenters. The first-order valence-corrected chi connectivity index (χ1v) is 7.62. The number of hydrogen-bond acceptors (Lipinski definition) is 2. The molecule has 108 valence electrons. The van der Waals surface area contributed by atoms with Crippen LogP contribution in [0.3, 0.4) is 0 Å². The minimum absolute atomic E-state index is 0.321. The van der Waals surface area contributed by atoms with Gasteiger partial charge in [0, 0.05) is 12.6 Å². The van der Waals surface area contributed by atoms with Crippen LogP contribution in [-0.4, -0.2) is 24.3 Å². The minimum atomic E-state index is 0.321. The molecule has 0 radical (unpaired) electrons. The summed E-state index contributed by atoms with van der Waals surface area (Å²) in [6, 6.07) is 0.650. The summed E-state index contributed by atoms with van der Waals surface area (Å²) >= 11 is 0. The van der Waals surface area contributed by atoms with Gasteiger partial charge >= 0.3 is 0 Å². The van der Waals surface area contributed by atoms with Crippen LogP contribution < -0.4 is 5.32 Å². The third-order valence-corrected chi connectivity index (χ3v) is 4.36. The van der Waals surface area contributed by atoms with E-state index in [9.17, 15) is 0 Å². The van der Waals surface area contributed by atoms with E-state index in [0.29, 0.717) is 29.4 Å². The Morgan fingerprint density at radius 3 is 2.17 bits per heavy atom. The lowest BCUT2D eigenvalue weighted by Crippen LogP contribution is -2.45. The third-order valence-electron chi connectivity index (χ3n) is 4.36. The molecule has 2 N–H and O–H groups in total. The molecule has 0 aromatic heterocycles. The maximum absolute atomic E-state index is 9.04. The lowest BCUT2D eigenvalue weighted by Gasteiger charge is -2.45. The standard InChI is InChI=1S/C16H33NO/c1-6-13(7-8-18)11-17-14-9-15(2,3)12-16(4,5)10-14/h13-14,17-18H,6-12H2,1-5H3. The fourth-order valence-corrected chi connectivity index (χ4v) is 3.96. The predicted octanol–water partition coefficient (Wildman–Crippen LogP) is 3.59. The van der Waals surface area contributed by atoms with Crippen LogP contribution in [0.2, 0.25) is 0 Å². The molecule has 2 heteroatoms. The number of rotatable bonds is 6. The zero-order valence-corrected chi connectivity index (χ0v) is 13.1. The van der Waals surface area contributed by atoms with E-state index in [4.69, 9.17) is 5.11 Å². The number of aliphatic hydroxyl groups excluding tert-OH is 1. The predicted molar refractivity (Wildman–Crippen MR) is 78.7 cm³/mol. The Morgan fingerprint density at radius 1 is 1.17 bits per heavy atom.